The standard InChI is InChI=1S/C23H27N3O2/c1-19(24-22(27)13-12-20-8-4-2-5-9-20)23(28)26-16-14-25(15-17-26)18-21-10-6-3-7-11-21/h2-13,19H,14-18H2,1H3,(H,24,27)/p+1/b13-12+/t19-/m0/s1. The molecule has 0 saturated carbocycles. The summed E-state index contributed by atoms with van der Waals surface area (Å²) in [7, 11) is 0. The van der Waals surface area contributed by atoms with Crippen LogP contribution < -0.4 is 10.2 Å². The number of benzene rings is 2. The molecule has 1 heterocycles. The molecule has 0 spiro atoms. The minimum Gasteiger partial charge on any atom is -0.341 e. The van der Waals surface area contributed by atoms with E-state index in [1.54, 1.807) is 13.0 Å². The maximum atomic E-state index is 12.7. The number of hydrogen-bond donors (Lipinski definition) is 2. The number of piperazine rings is 1. The summed E-state index contributed by atoms with van der Waals surface area (Å²) < 4.78 is 0. The first-order valence-corrected chi connectivity index (χ1v) is 9.82. The molecule has 0 aromatic heterocycles. The molecule has 1 atom stereocenters. The van der Waals surface area contributed by atoms with Crippen LogP contribution >= 0.6 is 0 Å². The van der Waals surface area contributed by atoms with Crippen molar-refractivity contribution in [3.63, 3.8) is 0 Å². The number of nitrogens with one attached hydrogen (secondary N) is 2. The molecular weight excluding hydrogens is 350 g/mol. The third-order valence-corrected chi connectivity index (χ3v) is 5.04. The number of rotatable bonds is 6. The van der Waals surface area contributed by atoms with Crippen molar-refractivity contribution in [3.8, 4) is 0 Å². The highest BCUT2D eigenvalue weighted by atomic mass is 16.2. The van der Waals surface area contributed by atoms with Gasteiger partial charge in [-0.3, -0.25) is 9.59 Å². The molecule has 1 saturated heterocycles. The summed E-state index contributed by atoms with van der Waals surface area (Å²) in [5.74, 6) is -0.265. The molecule has 2 amide bonds. The lowest BCUT2D eigenvalue weighted by Crippen LogP contribution is -3.13. The average Bonchev–Trinajstić information content (AvgIpc) is 2.74. The molecule has 146 valence electrons. The number of carbonyl (C=O) groups excluding carboxylic acids is 2. The van der Waals surface area contributed by atoms with Gasteiger partial charge in [0.15, 0.2) is 0 Å². The van der Waals surface area contributed by atoms with Gasteiger partial charge < -0.3 is 15.1 Å². The van der Waals surface area contributed by atoms with Crippen LogP contribution in [0.5, 0.6) is 0 Å². The number of carbonyl (C=O) groups is 2. The van der Waals surface area contributed by atoms with Gasteiger partial charge in [-0.1, -0.05) is 60.7 Å². The molecule has 2 aromatic carbocycles. The summed E-state index contributed by atoms with van der Waals surface area (Å²) in [6.07, 6.45) is 3.22. The van der Waals surface area contributed by atoms with Gasteiger partial charge in [0, 0.05) is 11.6 Å². The molecule has 1 aliphatic heterocycles. The number of quaternary nitrogens is 1. The van der Waals surface area contributed by atoms with Crippen LogP contribution in [0.3, 0.4) is 0 Å². The second-order valence-corrected chi connectivity index (χ2v) is 7.21. The maximum absolute atomic E-state index is 12.7. The summed E-state index contributed by atoms with van der Waals surface area (Å²) in [6, 6.07) is 19.5. The Morgan fingerprint density at radius 1 is 1.04 bits per heavy atom. The monoisotopic (exact) mass is 378 g/mol. The van der Waals surface area contributed by atoms with E-state index < -0.39 is 6.04 Å². The van der Waals surface area contributed by atoms with E-state index in [1.165, 1.54) is 16.5 Å². The van der Waals surface area contributed by atoms with Gasteiger partial charge in [-0.2, -0.15) is 0 Å². The molecule has 0 radical (unpaired) electrons. The Labute approximate surface area is 166 Å². The van der Waals surface area contributed by atoms with Crippen LogP contribution in [-0.2, 0) is 16.1 Å². The van der Waals surface area contributed by atoms with E-state index in [0.717, 1.165) is 38.3 Å². The fraction of sp³-hybridized carbons (Fsp3) is 0.304. The Balaban J connectivity index is 1.44. The van der Waals surface area contributed by atoms with E-state index in [-0.39, 0.29) is 11.8 Å². The SMILES string of the molecule is C[C@H](NC(=O)/C=C/c1ccccc1)C(=O)N1CC[NH+](Cc2ccccc2)CC1. The lowest BCUT2D eigenvalue weighted by atomic mass is 10.2. The van der Waals surface area contributed by atoms with E-state index in [0.29, 0.717) is 0 Å². The van der Waals surface area contributed by atoms with Crippen LogP contribution in [0.1, 0.15) is 18.1 Å². The summed E-state index contributed by atoms with van der Waals surface area (Å²) in [5.41, 5.74) is 2.28. The predicted octanol–water partition coefficient (Wildman–Crippen LogP) is 1.13. The molecule has 0 aliphatic carbocycles. The predicted molar refractivity (Wildman–Crippen MR) is 111 cm³/mol. The van der Waals surface area contributed by atoms with Crippen molar-refractivity contribution >= 4 is 17.9 Å². The van der Waals surface area contributed by atoms with Gasteiger partial charge in [0.1, 0.15) is 12.6 Å². The van der Waals surface area contributed by atoms with Crippen LogP contribution in [0, 0.1) is 0 Å². The normalized spacial score (nSPS) is 16.1. The van der Waals surface area contributed by atoms with Crippen molar-refractivity contribution in [2.45, 2.75) is 19.5 Å². The smallest absolute Gasteiger partial charge is 0.245 e. The molecule has 3 rings (SSSR count). The van der Waals surface area contributed by atoms with E-state index in [4.69, 9.17) is 0 Å². The van der Waals surface area contributed by atoms with Crippen molar-refractivity contribution < 1.29 is 14.5 Å². The maximum Gasteiger partial charge on any atom is 0.245 e. The molecule has 28 heavy (non-hydrogen) atoms. The summed E-state index contributed by atoms with van der Waals surface area (Å²) in [5, 5.41) is 2.77. The Bertz CT molecular complexity index is 797. The first kappa shape index (κ1) is 19.8. The van der Waals surface area contributed by atoms with Gasteiger partial charge in [0.25, 0.3) is 0 Å². The molecule has 5 heteroatoms. The van der Waals surface area contributed by atoms with Crippen LogP contribution in [0.4, 0.5) is 0 Å². The Morgan fingerprint density at radius 3 is 2.29 bits per heavy atom. The van der Waals surface area contributed by atoms with E-state index in [2.05, 4.69) is 29.6 Å². The lowest BCUT2D eigenvalue weighted by molar-refractivity contribution is -0.917. The second-order valence-electron chi connectivity index (χ2n) is 7.21. The minimum absolute atomic E-state index is 0.0137. The van der Waals surface area contributed by atoms with Gasteiger partial charge in [-0.15, -0.1) is 0 Å². The largest absolute Gasteiger partial charge is 0.341 e. The minimum atomic E-state index is -0.524. The molecule has 1 fully saturated rings. The highest BCUT2D eigenvalue weighted by Gasteiger charge is 2.27. The van der Waals surface area contributed by atoms with Gasteiger partial charge in [-0.25, -0.2) is 0 Å². The van der Waals surface area contributed by atoms with Crippen molar-refractivity contribution in [2.24, 2.45) is 0 Å². The first-order valence-electron chi connectivity index (χ1n) is 9.82. The summed E-state index contributed by atoms with van der Waals surface area (Å²) in [4.78, 5) is 28.1. The van der Waals surface area contributed by atoms with E-state index >= 15 is 0 Å². The molecule has 1 aliphatic rings. The van der Waals surface area contributed by atoms with Crippen LogP contribution in [0.15, 0.2) is 66.7 Å². The molecule has 0 bridgehead atoms. The second kappa shape index (κ2) is 9.85. The fourth-order valence-electron chi connectivity index (χ4n) is 3.44. The third kappa shape index (κ3) is 5.79. The van der Waals surface area contributed by atoms with Crippen molar-refractivity contribution in [3.05, 3.63) is 77.9 Å². The van der Waals surface area contributed by atoms with E-state index in [9.17, 15) is 9.59 Å². The Morgan fingerprint density at radius 2 is 1.64 bits per heavy atom. The molecular formula is C23H28N3O2+. The number of nitrogens with zero attached hydrogens (tertiary/aromatic N) is 1. The highest BCUT2D eigenvalue weighted by molar-refractivity contribution is 5.95. The molecule has 5 nitrogen and oxygen atoms in total. The summed E-state index contributed by atoms with van der Waals surface area (Å²) >= 11 is 0. The zero-order valence-electron chi connectivity index (χ0n) is 16.3. The molecule has 0 unspecified atom stereocenters. The van der Waals surface area contributed by atoms with Gasteiger partial charge in [0.2, 0.25) is 11.8 Å². The fourth-order valence-corrected chi connectivity index (χ4v) is 3.44. The molecule has 2 N–H and O–H groups in total. The average molecular weight is 378 g/mol. The van der Waals surface area contributed by atoms with Gasteiger partial charge in [0.05, 0.1) is 26.2 Å². The first-order chi connectivity index (χ1) is 13.6. The topological polar surface area (TPSA) is 53.9 Å². The van der Waals surface area contributed by atoms with Crippen molar-refractivity contribution in [2.75, 3.05) is 26.2 Å². The third-order valence-electron chi connectivity index (χ3n) is 5.04. The Kier molecular flexibility index (Phi) is 6.98. The van der Waals surface area contributed by atoms with Crippen molar-refractivity contribution in [1.29, 1.82) is 0 Å². The highest BCUT2D eigenvalue weighted by Crippen LogP contribution is 2.02. The molecule has 2 aromatic rings. The van der Waals surface area contributed by atoms with Gasteiger partial charge >= 0.3 is 0 Å². The quantitative estimate of drug-likeness (QED) is 0.741. The van der Waals surface area contributed by atoms with Gasteiger partial charge in [-0.05, 0) is 18.6 Å². The zero-order chi connectivity index (χ0) is 19.8. The van der Waals surface area contributed by atoms with Crippen molar-refractivity contribution in [1.82, 2.24) is 10.2 Å². The van der Waals surface area contributed by atoms with Crippen LogP contribution in [-0.4, -0.2) is 48.9 Å². The lowest BCUT2D eigenvalue weighted by Gasteiger charge is -2.33. The van der Waals surface area contributed by atoms with E-state index in [1.807, 2.05) is 41.3 Å². The zero-order valence-corrected chi connectivity index (χ0v) is 16.3. The number of hydrogen-bond acceptors (Lipinski definition) is 2. The van der Waals surface area contributed by atoms with Crippen LogP contribution in [0.2, 0.25) is 0 Å². The van der Waals surface area contributed by atoms with Crippen LogP contribution in [0.25, 0.3) is 6.08 Å². The Hall–Kier alpha value is -2.92. The summed E-state index contributed by atoms with van der Waals surface area (Å²) in [6.45, 7) is 6.03. The number of amides is 2.